The molecule has 0 spiro atoms. The van der Waals surface area contributed by atoms with E-state index in [0.29, 0.717) is 13.0 Å². The van der Waals surface area contributed by atoms with Crippen molar-refractivity contribution in [2.75, 3.05) is 19.7 Å². The molecular formula is C16H22N2O. The normalized spacial score (nSPS) is 17.1. The van der Waals surface area contributed by atoms with E-state index in [0.717, 1.165) is 25.3 Å². The van der Waals surface area contributed by atoms with Gasteiger partial charge in [0, 0.05) is 0 Å². The molecule has 3 heteroatoms. The van der Waals surface area contributed by atoms with Crippen LogP contribution >= 0.6 is 0 Å². The van der Waals surface area contributed by atoms with E-state index in [4.69, 9.17) is 10.00 Å². The van der Waals surface area contributed by atoms with E-state index in [1.165, 1.54) is 18.4 Å². The maximum absolute atomic E-state index is 8.96. The number of ether oxygens (including phenoxy) is 1. The summed E-state index contributed by atoms with van der Waals surface area (Å²) in [5.41, 5.74) is 1.24. The second kappa shape index (κ2) is 7.16. The van der Waals surface area contributed by atoms with Crippen LogP contribution in [0.5, 0.6) is 5.75 Å². The molecule has 0 aromatic heterocycles. The summed E-state index contributed by atoms with van der Waals surface area (Å²) in [5.74, 6) is 0.965. The zero-order valence-electron chi connectivity index (χ0n) is 11.6. The molecule has 3 nitrogen and oxygen atoms in total. The molecule has 0 aliphatic carbocycles. The molecule has 1 aromatic rings. The van der Waals surface area contributed by atoms with Crippen LogP contribution in [0.25, 0.3) is 0 Å². The number of hydrogen-bond donors (Lipinski definition) is 0. The molecule has 1 heterocycles. The van der Waals surface area contributed by atoms with Gasteiger partial charge < -0.3 is 4.74 Å². The molecular weight excluding hydrogens is 236 g/mol. The van der Waals surface area contributed by atoms with Crippen LogP contribution in [0.3, 0.4) is 0 Å². The van der Waals surface area contributed by atoms with E-state index in [-0.39, 0.29) is 6.04 Å². The summed E-state index contributed by atoms with van der Waals surface area (Å²) in [5, 5.41) is 8.96. The van der Waals surface area contributed by atoms with Crippen LogP contribution in [0.15, 0.2) is 24.3 Å². The van der Waals surface area contributed by atoms with Crippen LogP contribution in [0.2, 0.25) is 0 Å². The van der Waals surface area contributed by atoms with Gasteiger partial charge in [-0.3, -0.25) is 4.90 Å². The van der Waals surface area contributed by atoms with Crippen molar-refractivity contribution >= 4 is 0 Å². The van der Waals surface area contributed by atoms with Crippen LogP contribution in [0.1, 0.15) is 31.7 Å². The third-order valence-corrected chi connectivity index (χ3v) is 3.77. The molecule has 1 aromatic carbocycles. The van der Waals surface area contributed by atoms with Crippen molar-refractivity contribution in [1.82, 2.24) is 4.90 Å². The highest BCUT2D eigenvalue weighted by molar-refractivity contribution is 5.33. The van der Waals surface area contributed by atoms with Crippen molar-refractivity contribution in [1.29, 1.82) is 5.26 Å². The SMILES string of the molecule is CCc1ccccc1OCC(CC#N)N1CCCC1. The Kier molecular flexibility index (Phi) is 5.23. The van der Waals surface area contributed by atoms with Gasteiger partial charge in [-0.1, -0.05) is 25.1 Å². The Morgan fingerprint density at radius 1 is 1.32 bits per heavy atom. The summed E-state index contributed by atoms with van der Waals surface area (Å²) in [6.45, 7) is 4.95. The van der Waals surface area contributed by atoms with Gasteiger partial charge in [-0.2, -0.15) is 5.26 Å². The highest BCUT2D eigenvalue weighted by atomic mass is 16.5. The summed E-state index contributed by atoms with van der Waals surface area (Å²) in [4.78, 5) is 2.39. The molecule has 0 bridgehead atoms. The fourth-order valence-corrected chi connectivity index (χ4v) is 2.63. The second-order valence-corrected chi connectivity index (χ2v) is 5.03. The summed E-state index contributed by atoms with van der Waals surface area (Å²) < 4.78 is 5.96. The average Bonchev–Trinajstić information content (AvgIpc) is 2.97. The summed E-state index contributed by atoms with van der Waals surface area (Å²) in [6, 6.07) is 10.7. The lowest BCUT2D eigenvalue weighted by atomic mass is 10.1. The van der Waals surface area contributed by atoms with E-state index in [1.807, 2.05) is 18.2 Å². The molecule has 1 atom stereocenters. The minimum absolute atomic E-state index is 0.234. The third-order valence-electron chi connectivity index (χ3n) is 3.77. The number of aryl methyl sites for hydroxylation is 1. The summed E-state index contributed by atoms with van der Waals surface area (Å²) in [7, 11) is 0. The van der Waals surface area contributed by atoms with Crippen LogP contribution in [-0.2, 0) is 6.42 Å². The number of nitriles is 1. The minimum atomic E-state index is 0.234. The smallest absolute Gasteiger partial charge is 0.122 e. The average molecular weight is 258 g/mol. The molecule has 102 valence electrons. The Hall–Kier alpha value is -1.53. The van der Waals surface area contributed by atoms with Gasteiger partial charge in [0.05, 0.1) is 18.5 Å². The zero-order chi connectivity index (χ0) is 13.5. The standard InChI is InChI=1S/C16H22N2O/c1-2-14-7-3-4-8-16(14)19-13-15(9-10-17)18-11-5-6-12-18/h3-4,7-8,15H,2,5-6,9,11-13H2,1H3. The van der Waals surface area contributed by atoms with Gasteiger partial charge >= 0.3 is 0 Å². The number of nitrogens with zero attached hydrogens (tertiary/aromatic N) is 2. The van der Waals surface area contributed by atoms with E-state index in [1.54, 1.807) is 0 Å². The predicted octanol–water partition coefficient (Wildman–Crippen LogP) is 3.01. The Balaban J connectivity index is 1.96. The Bertz CT molecular complexity index is 433. The molecule has 2 rings (SSSR count). The van der Waals surface area contributed by atoms with Crippen molar-refractivity contribution in [2.45, 2.75) is 38.6 Å². The molecule has 0 N–H and O–H groups in total. The molecule has 0 radical (unpaired) electrons. The van der Waals surface area contributed by atoms with Crippen LogP contribution in [-0.4, -0.2) is 30.6 Å². The molecule has 19 heavy (non-hydrogen) atoms. The minimum Gasteiger partial charge on any atom is -0.492 e. The van der Waals surface area contributed by atoms with Gasteiger partial charge in [-0.15, -0.1) is 0 Å². The first kappa shape index (κ1) is 13.9. The number of rotatable bonds is 6. The van der Waals surface area contributed by atoms with Gasteiger partial charge in [0.15, 0.2) is 0 Å². The van der Waals surface area contributed by atoms with Crippen LogP contribution in [0, 0.1) is 11.3 Å². The Labute approximate surface area is 115 Å². The summed E-state index contributed by atoms with van der Waals surface area (Å²) >= 11 is 0. The first-order valence-electron chi connectivity index (χ1n) is 7.17. The van der Waals surface area contributed by atoms with Crippen molar-refractivity contribution in [3.8, 4) is 11.8 Å². The second-order valence-electron chi connectivity index (χ2n) is 5.03. The van der Waals surface area contributed by atoms with Crippen LogP contribution in [0.4, 0.5) is 0 Å². The maximum atomic E-state index is 8.96. The van der Waals surface area contributed by atoms with Gasteiger partial charge in [0.1, 0.15) is 12.4 Å². The van der Waals surface area contributed by atoms with E-state index >= 15 is 0 Å². The van der Waals surface area contributed by atoms with Gasteiger partial charge in [0.25, 0.3) is 0 Å². The highest BCUT2D eigenvalue weighted by Gasteiger charge is 2.22. The monoisotopic (exact) mass is 258 g/mol. The fraction of sp³-hybridized carbons (Fsp3) is 0.562. The van der Waals surface area contributed by atoms with E-state index < -0.39 is 0 Å². The lowest BCUT2D eigenvalue weighted by Gasteiger charge is -2.25. The zero-order valence-corrected chi connectivity index (χ0v) is 11.6. The largest absolute Gasteiger partial charge is 0.492 e. The van der Waals surface area contributed by atoms with E-state index in [9.17, 15) is 0 Å². The molecule has 0 amide bonds. The molecule has 1 unspecified atom stereocenters. The van der Waals surface area contributed by atoms with Crippen molar-refractivity contribution in [3.63, 3.8) is 0 Å². The fourth-order valence-electron chi connectivity index (χ4n) is 2.63. The lowest BCUT2D eigenvalue weighted by Crippen LogP contribution is -2.37. The molecule has 1 aliphatic rings. The quantitative estimate of drug-likeness (QED) is 0.787. The first-order valence-corrected chi connectivity index (χ1v) is 7.17. The highest BCUT2D eigenvalue weighted by Crippen LogP contribution is 2.20. The van der Waals surface area contributed by atoms with Gasteiger partial charge in [-0.25, -0.2) is 0 Å². The molecule has 1 aliphatic heterocycles. The summed E-state index contributed by atoms with van der Waals surface area (Å²) in [6.07, 6.45) is 4.01. The Morgan fingerprint density at radius 2 is 2.05 bits per heavy atom. The molecule has 1 saturated heterocycles. The number of para-hydroxylation sites is 1. The predicted molar refractivity (Wildman–Crippen MR) is 76.1 cm³/mol. The molecule has 1 fully saturated rings. The van der Waals surface area contributed by atoms with Crippen molar-refractivity contribution in [2.24, 2.45) is 0 Å². The van der Waals surface area contributed by atoms with Crippen molar-refractivity contribution < 1.29 is 4.74 Å². The third kappa shape index (κ3) is 3.71. The first-order chi connectivity index (χ1) is 9.35. The maximum Gasteiger partial charge on any atom is 0.122 e. The molecule has 0 saturated carbocycles. The van der Waals surface area contributed by atoms with E-state index in [2.05, 4.69) is 24.0 Å². The topological polar surface area (TPSA) is 36.3 Å². The van der Waals surface area contributed by atoms with Crippen LogP contribution < -0.4 is 4.74 Å². The number of benzene rings is 1. The van der Waals surface area contributed by atoms with Gasteiger partial charge in [-0.05, 0) is 44.0 Å². The van der Waals surface area contributed by atoms with Crippen molar-refractivity contribution in [3.05, 3.63) is 29.8 Å². The Morgan fingerprint density at radius 3 is 2.74 bits per heavy atom. The number of likely N-dealkylation sites (tertiary alicyclic amines) is 1. The van der Waals surface area contributed by atoms with Gasteiger partial charge in [0.2, 0.25) is 0 Å². The lowest BCUT2D eigenvalue weighted by molar-refractivity contribution is 0.161. The number of hydrogen-bond acceptors (Lipinski definition) is 3.